The van der Waals surface area contributed by atoms with E-state index in [1.54, 1.807) is 25.3 Å². The number of hydrogen-bond donors (Lipinski definition) is 1. The van der Waals surface area contributed by atoms with E-state index in [0.29, 0.717) is 23.8 Å². The van der Waals surface area contributed by atoms with Gasteiger partial charge in [-0.05, 0) is 24.1 Å². The summed E-state index contributed by atoms with van der Waals surface area (Å²) in [4.78, 5) is 16.6. The second-order valence-electron chi connectivity index (χ2n) is 5.22. The Morgan fingerprint density at radius 3 is 2.68 bits per heavy atom. The number of methoxy groups -OCH3 is 1. The fourth-order valence-corrected chi connectivity index (χ4v) is 2.01. The highest BCUT2D eigenvalue weighted by Gasteiger charge is 2.08. The Kier molecular flexibility index (Phi) is 7.31. The number of oxime groups is 1. The highest BCUT2D eigenvalue weighted by Crippen LogP contribution is 2.30. The van der Waals surface area contributed by atoms with Crippen LogP contribution in [0.25, 0.3) is 0 Å². The predicted octanol–water partition coefficient (Wildman–Crippen LogP) is 4.46. The van der Waals surface area contributed by atoms with Gasteiger partial charge in [0.15, 0.2) is 11.5 Å². The number of hydrogen-bond acceptors (Lipinski definition) is 5. The van der Waals surface area contributed by atoms with Crippen molar-refractivity contribution in [3.8, 4) is 11.5 Å². The molecular weight excluding hydrogens is 320 g/mol. The molecule has 0 saturated carbocycles. The summed E-state index contributed by atoms with van der Waals surface area (Å²) >= 11 is 0. The van der Waals surface area contributed by atoms with E-state index in [4.69, 9.17) is 14.3 Å². The van der Waals surface area contributed by atoms with E-state index < -0.39 is 6.09 Å². The molecule has 6 nitrogen and oxygen atoms in total. The first-order valence-corrected chi connectivity index (χ1v) is 8.10. The predicted molar refractivity (Wildman–Crippen MR) is 97.5 cm³/mol. The van der Waals surface area contributed by atoms with Gasteiger partial charge in [0.05, 0.1) is 19.9 Å². The van der Waals surface area contributed by atoms with Crippen molar-refractivity contribution in [2.45, 2.75) is 19.8 Å². The zero-order valence-corrected chi connectivity index (χ0v) is 14.4. The molecule has 0 fully saturated rings. The average Bonchev–Trinajstić information content (AvgIpc) is 2.63. The molecule has 0 spiro atoms. The van der Waals surface area contributed by atoms with E-state index in [1.165, 1.54) is 6.21 Å². The minimum Gasteiger partial charge on any atom is -0.493 e. The van der Waals surface area contributed by atoms with Crippen molar-refractivity contribution in [1.82, 2.24) is 0 Å². The van der Waals surface area contributed by atoms with Crippen LogP contribution in [-0.4, -0.2) is 26.0 Å². The number of anilines is 1. The summed E-state index contributed by atoms with van der Waals surface area (Å²) < 4.78 is 10.9. The molecule has 0 unspecified atom stereocenters. The maximum Gasteiger partial charge on any atom is 0.437 e. The zero-order chi connectivity index (χ0) is 17.9. The first-order valence-electron chi connectivity index (χ1n) is 8.10. The molecule has 0 aliphatic heterocycles. The number of ether oxygens (including phenoxy) is 2. The molecule has 0 aromatic heterocycles. The van der Waals surface area contributed by atoms with Gasteiger partial charge in [-0.15, -0.1) is 0 Å². The third kappa shape index (κ3) is 6.18. The number of unbranched alkanes of at least 4 members (excludes halogenated alkanes) is 1. The van der Waals surface area contributed by atoms with Crippen LogP contribution >= 0.6 is 0 Å². The lowest BCUT2D eigenvalue weighted by molar-refractivity contribution is 0.167. The van der Waals surface area contributed by atoms with Crippen molar-refractivity contribution in [3.63, 3.8) is 0 Å². The molecule has 2 aromatic carbocycles. The Hall–Kier alpha value is -3.02. The molecule has 132 valence electrons. The van der Waals surface area contributed by atoms with Gasteiger partial charge in [0.25, 0.3) is 0 Å². The first-order chi connectivity index (χ1) is 12.2. The van der Waals surface area contributed by atoms with Gasteiger partial charge in [-0.25, -0.2) is 4.79 Å². The molecule has 0 bridgehead atoms. The van der Waals surface area contributed by atoms with Gasteiger partial charge in [0, 0.05) is 11.8 Å². The Labute approximate surface area is 147 Å². The highest BCUT2D eigenvalue weighted by atomic mass is 16.7. The summed E-state index contributed by atoms with van der Waals surface area (Å²) in [6.07, 6.45) is 2.80. The van der Waals surface area contributed by atoms with Gasteiger partial charge in [0.2, 0.25) is 0 Å². The lowest BCUT2D eigenvalue weighted by Crippen LogP contribution is -2.11. The van der Waals surface area contributed by atoms with Crippen LogP contribution in [0.4, 0.5) is 10.5 Å². The molecule has 6 heteroatoms. The maximum absolute atomic E-state index is 11.8. The Morgan fingerprint density at radius 2 is 1.96 bits per heavy atom. The van der Waals surface area contributed by atoms with Crippen molar-refractivity contribution in [3.05, 3.63) is 54.1 Å². The third-order valence-corrected chi connectivity index (χ3v) is 3.30. The molecule has 0 aliphatic carbocycles. The van der Waals surface area contributed by atoms with Crippen LogP contribution in [-0.2, 0) is 4.84 Å². The van der Waals surface area contributed by atoms with Crippen LogP contribution < -0.4 is 14.8 Å². The second-order valence-corrected chi connectivity index (χ2v) is 5.22. The molecule has 0 saturated heterocycles. The van der Waals surface area contributed by atoms with E-state index in [1.807, 2.05) is 30.3 Å². The zero-order valence-electron chi connectivity index (χ0n) is 14.4. The van der Waals surface area contributed by atoms with Crippen LogP contribution in [0.5, 0.6) is 11.5 Å². The van der Waals surface area contributed by atoms with E-state index in [9.17, 15) is 4.79 Å². The highest BCUT2D eigenvalue weighted by molar-refractivity contribution is 5.86. The van der Waals surface area contributed by atoms with Gasteiger partial charge in [0.1, 0.15) is 0 Å². The molecule has 1 N–H and O–H groups in total. The van der Waals surface area contributed by atoms with Gasteiger partial charge in [-0.1, -0.05) is 48.8 Å². The van der Waals surface area contributed by atoms with Crippen molar-refractivity contribution < 1.29 is 19.1 Å². The number of carbonyl (C=O) groups excluding carboxylic acids is 1. The number of rotatable bonds is 8. The molecule has 25 heavy (non-hydrogen) atoms. The summed E-state index contributed by atoms with van der Waals surface area (Å²) in [6.45, 7) is 2.72. The summed E-state index contributed by atoms with van der Waals surface area (Å²) in [5.74, 6) is 1.18. The molecule has 0 radical (unpaired) electrons. The Balaban J connectivity index is 1.90. The lowest BCUT2D eigenvalue weighted by atomic mass is 10.2. The average molecular weight is 342 g/mol. The summed E-state index contributed by atoms with van der Waals surface area (Å²) in [5.41, 5.74) is 1.37. The smallest absolute Gasteiger partial charge is 0.437 e. The van der Waals surface area contributed by atoms with Crippen LogP contribution in [0.1, 0.15) is 25.3 Å². The summed E-state index contributed by atoms with van der Waals surface area (Å²) in [6, 6.07) is 14.5. The largest absolute Gasteiger partial charge is 0.493 e. The summed E-state index contributed by atoms with van der Waals surface area (Å²) in [5, 5.41) is 6.24. The van der Waals surface area contributed by atoms with Gasteiger partial charge in [-0.3, -0.25) is 10.2 Å². The minimum atomic E-state index is -0.686. The number of nitrogens with one attached hydrogen (secondary N) is 1. The van der Waals surface area contributed by atoms with Gasteiger partial charge in [-0.2, -0.15) is 0 Å². The van der Waals surface area contributed by atoms with Crippen molar-refractivity contribution in [1.29, 1.82) is 0 Å². The van der Waals surface area contributed by atoms with E-state index in [-0.39, 0.29) is 0 Å². The maximum atomic E-state index is 11.8. The molecular formula is C19H22N2O4. The van der Waals surface area contributed by atoms with Crippen molar-refractivity contribution in [2.24, 2.45) is 5.16 Å². The van der Waals surface area contributed by atoms with Gasteiger partial charge < -0.3 is 9.47 Å². The SMILES string of the molecule is CCCCOc1ccc(NC(=O)ON=Cc2ccccc2)cc1OC. The van der Waals surface area contributed by atoms with Crippen LogP contribution in [0, 0.1) is 0 Å². The molecule has 0 heterocycles. The number of nitrogens with zero attached hydrogens (tertiary/aromatic N) is 1. The minimum absolute atomic E-state index is 0.527. The second kappa shape index (κ2) is 9.97. The lowest BCUT2D eigenvalue weighted by Gasteiger charge is -2.12. The van der Waals surface area contributed by atoms with Crippen molar-refractivity contribution >= 4 is 18.0 Å². The standard InChI is InChI=1S/C19H22N2O4/c1-3-4-12-24-17-11-10-16(13-18(17)23-2)21-19(22)25-20-14-15-8-6-5-7-9-15/h5-11,13-14H,3-4,12H2,1-2H3,(H,21,22). The molecule has 2 aromatic rings. The van der Waals surface area contributed by atoms with Crippen LogP contribution in [0.15, 0.2) is 53.7 Å². The topological polar surface area (TPSA) is 69.2 Å². The van der Waals surface area contributed by atoms with Crippen molar-refractivity contribution in [2.75, 3.05) is 19.0 Å². The van der Waals surface area contributed by atoms with Crippen LogP contribution in [0.3, 0.4) is 0 Å². The Morgan fingerprint density at radius 1 is 1.16 bits per heavy atom. The number of benzene rings is 2. The van der Waals surface area contributed by atoms with Gasteiger partial charge >= 0.3 is 6.09 Å². The third-order valence-electron chi connectivity index (χ3n) is 3.30. The van der Waals surface area contributed by atoms with E-state index in [2.05, 4.69) is 17.4 Å². The fourth-order valence-electron chi connectivity index (χ4n) is 2.01. The Bertz CT molecular complexity index is 702. The normalized spacial score (nSPS) is 10.5. The van der Waals surface area contributed by atoms with E-state index in [0.717, 1.165) is 18.4 Å². The molecule has 2 rings (SSSR count). The first kappa shape index (κ1) is 18.3. The van der Waals surface area contributed by atoms with E-state index >= 15 is 0 Å². The quantitative estimate of drug-likeness (QED) is 0.333. The monoisotopic (exact) mass is 342 g/mol. The molecule has 1 amide bonds. The van der Waals surface area contributed by atoms with Crippen LogP contribution in [0.2, 0.25) is 0 Å². The number of amides is 1. The number of carbonyl (C=O) groups is 1. The summed E-state index contributed by atoms with van der Waals surface area (Å²) in [7, 11) is 1.55. The fraction of sp³-hybridized carbons (Fsp3) is 0.263. The molecule has 0 atom stereocenters. The molecule has 0 aliphatic rings.